The van der Waals surface area contributed by atoms with E-state index in [4.69, 9.17) is 0 Å². The van der Waals surface area contributed by atoms with Gasteiger partial charge in [0, 0.05) is 32.2 Å². The summed E-state index contributed by atoms with van der Waals surface area (Å²) < 4.78 is 2.10. The van der Waals surface area contributed by atoms with Gasteiger partial charge in [0.05, 0.1) is 11.3 Å². The smallest absolute Gasteiger partial charge is 0.271 e. The molecule has 0 radical (unpaired) electrons. The topological polar surface area (TPSA) is 84.3 Å². The number of carbonyl (C=O) groups is 2. The van der Waals surface area contributed by atoms with Gasteiger partial charge in [-0.1, -0.05) is 23.9 Å². The van der Waals surface area contributed by atoms with Crippen molar-refractivity contribution in [3.8, 4) is 0 Å². The van der Waals surface area contributed by atoms with Gasteiger partial charge in [0.15, 0.2) is 5.16 Å². The molecule has 30 heavy (non-hydrogen) atoms. The molecule has 3 aromatic rings. The summed E-state index contributed by atoms with van der Waals surface area (Å²) in [7, 11) is 1.67. The Morgan fingerprint density at radius 2 is 1.90 bits per heavy atom. The number of hydrogen-bond acceptors (Lipinski definition) is 6. The van der Waals surface area contributed by atoms with Gasteiger partial charge in [-0.15, -0.1) is 11.3 Å². The average Bonchev–Trinajstić information content (AvgIpc) is 3.46. The molecule has 1 aliphatic rings. The van der Waals surface area contributed by atoms with E-state index < -0.39 is 0 Å². The van der Waals surface area contributed by atoms with Gasteiger partial charge in [0.1, 0.15) is 4.70 Å². The summed E-state index contributed by atoms with van der Waals surface area (Å²) in [6.45, 7) is 2.04. The molecule has 1 aromatic carbocycles. The molecule has 4 rings (SSSR count). The van der Waals surface area contributed by atoms with Crippen molar-refractivity contribution in [2.75, 3.05) is 18.8 Å². The second-order valence-corrected chi connectivity index (χ2v) is 9.01. The van der Waals surface area contributed by atoms with E-state index in [2.05, 4.69) is 10.3 Å². The third-order valence-corrected chi connectivity index (χ3v) is 6.98. The molecule has 1 aliphatic heterocycles. The van der Waals surface area contributed by atoms with Crippen molar-refractivity contribution in [3.63, 3.8) is 0 Å². The summed E-state index contributed by atoms with van der Waals surface area (Å²) in [5, 5.41) is 5.23. The molecule has 3 heterocycles. The summed E-state index contributed by atoms with van der Waals surface area (Å²) >= 11 is 2.61. The van der Waals surface area contributed by atoms with Crippen molar-refractivity contribution in [3.05, 3.63) is 57.2 Å². The first-order valence-corrected chi connectivity index (χ1v) is 11.6. The van der Waals surface area contributed by atoms with Crippen LogP contribution < -0.4 is 10.9 Å². The Morgan fingerprint density at radius 3 is 2.63 bits per heavy atom. The Labute approximate surface area is 182 Å². The van der Waals surface area contributed by atoms with Crippen LogP contribution in [0.2, 0.25) is 0 Å². The van der Waals surface area contributed by atoms with Crippen LogP contribution in [0, 0.1) is 0 Å². The monoisotopic (exact) mass is 442 g/mol. The minimum atomic E-state index is -0.142. The van der Waals surface area contributed by atoms with Crippen molar-refractivity contribution >= 4 is 45.1 Å². The predicted molar refractivity (Wildman–Crippen MR) is 119 cm³/mol. The number of thiophene rings is 1. The third kappa shape index (κ3) is 4.41. The Kier molecular flexibility index (Phi) is 6.19. The molecule has 7 nitrogen and oxygen atoms in total. The molecule has 0 saturated carbocycles. The van der Waals surface area contributed by atoms with Crippen molar-refractivity contribution in [2.24, 2.45) is 7.05 Å². The van der Waals surface area contributed by atoms with E-state index in [1.54, 1.807) is 7.05 Å². The van der Waals surface area contributed by atoms with Crippen LogP contribution in [0.4, 0.5) is 0 Å². The Bertz CT molecular complexity index is 1130. The van der Waals surface area contributed by atoms with Gasteiger partial charge < -0.3 is 10.2 Å². The molecule has 1 N–H and O–H groups in total. The van der Waals surface area contributed by atoms with Crippen molar-refractivity contribution in [2.45, 2.75) is 24.5 Å². The van der Waals surface area contributed by atoms with Crippen LogP contribution in [0.25, 0.3) is 10.2 Å². The van der Waals surface area contributed by atoms with Crippen LogP contribution in [0.3, 0.4) is 0 Å². The van der Waals surface area contributed by atoms with Crippen molar-refractivity contribution < 1.29 is 9.59 Å². The summed E-state index contributed by atoms with van der Waals surface area (Å²) in [5.41, 5.74) is 2.17. The molecule has 0 spiro atoms. The van der Waals surface area contributed by atoms with Crippen LogP contribution >= 0.6 is 23.1 Å². The number of benzene rings is 1. The van der Waals surface area contributed by atoms with Gasteiger partial charge in [-0.2, -0.15) is 0 Å². The predicted octanol–water partition coefficient (Wildman–Crippen LogP) is 2.64. The summed E-state index contributed by atoms with van der Waals surface area (Å²) in [6, 6.07) is 9.17. The number of nitrogens with zero attached hydrogens (tertiary/aromatic N) is 3. The largest absolute Gasteiger partial charge is 0.351 e. The van der Waals surface area contributed by atoms with E-state index in [0.29, 0.717) is 27.5 Å². The van der Waals surface area contributed by atoms with E-state index in [1.165, 1.54) is 27.7 Å². The third-order valence-electron chi connectivity index (χ3n) is 5.06. The minimum absolute atomic E-state index is 0.0696. The van der Waals surface area contributed by atoms with Gasteiger partial charge in [-0.25, -0.2) is 4.98 Å². The lowest BCUT2D eigenvalue weighted by Gasteiger charge is -2.15. The van der Waals surface area contributed by atoms with E-state index in [0.717, 1.165) is 31.5 Å². The number of carbonyl (C=O) groups excluding carboxylic acids is 2. The maximum absolute atomic E-state index is 12.4. The lowest BCUT2D eigenvalue weighted by atomic mass is 10.1. The maximum Gasteiger partial charge on any atom is 0.271 e. The summed E-state index contributed by atoms with van der Waals surface area (Å²) in [6.07, 6.45) is 2.14. The van der Waals surface area contributed by atoms with E-state index in [9.17, 15) is 14.4 Å². The molecule has 2 amide bonds. The van der Waals surface area contributed by atoms with Crippen molar-refractivity contribution in [1.82, 2.24) is 19.8 Å². The molecule has 0 atom stereocenters. The fourth-order valence-corrected chi connectivity index (χ4v) is 4.95. The molecule has 0 aliphatic carbocycles. The lowest BCUT2D eigenvalue weighted by Crippen LogP contribution is -2.27. The Morgan fingerprint density at radius 1 is 1.17 bits per heavy atom. The number of hydrogen-bond donors (Lipinski definition) is 1. The highest BCUT2D eigenvalue weighted by Gasteiger charge is 2.19. The summed E-state index contributed by atoms with van der Waals surface area (Å²) in [4.78, 5) is 43.3. The number of fused-ring (bicyclic) bond motifs is 1. The fraction of sp³-hybridized carbons (Fsp3) is 0.333. The van der Waals surface area contributed by atoms with E-state index in [1.807, 2.05) is 40.6 Å². The molecular weight excluding hydrogens is 420 g/mol. The van der Waals surface area contributed by atoms with Gasteiger partial charge in [0.25, 0.3) is 11.5 Å². The Balaban J connectivity index is 1.30. The van der Waals surface area contributed by atoms with Crippen LogP contribution in [0.1, 0.15) is 28.8 Å². The zero-order chi connectivity index (χ0) is 21.1. The lowest BCUT2D eigenvalue weighted by molar-refractivity contribution is -0.118. The number of likely N-dealkylation sites (tertiary alicyclic amines) is 1. The number of amides is 2. The Hall–Kier alpha value is -2.65. The molecule has 156 valence electrons. The molecule has 9 heteroatoms. The highest BCUT2D eigenvalue weighted by atomic mass is 32.2. The van der Waals surface area contributed by atoms with Crippen LogP contribution in [0.15, 0.2) is 45.7 Å². The number of nitrogens with one attached hydrogen (secondary N) is 1. The standard InChI is InChI=1S/C21H22N4O3S2/c1-24-20(28)18-16(8-11-29-18)23-21(24)30-13-17(26)22-12-14-4-6-15(7-5-14)19(27)25-9-2-3-10-25/h4-8,11H,2-3,9-10,12-13H2,1H3,(H,22,26). The average molecular weight is 443 g/mol. The molecule has 0 unspecified atom stereocenters. The van der Waals surface area contributed by atoms with Gasteiger partial charge in [0.2, 0.25) is 5.91 Å². The zero-order valence-electron chi connectivity index (χ0n) is 16.6. The maximum atomic E-state index is 12.4. The van der Waals surface area contributed by atoms with Gasteiger partial charge in [-0.3, -0.25) is 19.0 Å². The second-order valence-electron chi connectivity index (χ2n) is 7.16. The number of rotatable bonds is 6. The molecule has 1 saturated heterocycles. The van der Waals surface area contributed by atoms with E-state index in [-0.39, 0.29) is 23.1 Å². The normalized spacial score (nSPS) is 13.7. The van der Waals surface area contributed by atoms with Crippen LogP contribution in [-0.4, -0.2) is 45.1 Å². The molecule has 0 bridgehead atoms. The van der Waals surface area contributed by atoms with Crippen LogP contribution in [0.5, 0.6) is 0 Å². The second kappa shape index (κ2) is 9.01. The fourth-order valence-electron chi connectivity index (χ4n) is 3.35. The van der Waals surface area contributed by atoms with Gasteiger partial charge >= 0.3 is 0 Å². The highest BCUT2D eigenvalue weighted by molar-refractivity contribution is 7.99. The highest BCUT2D eigenvalue weighted by Crippen LogP contribution is 2.20. The minimum Gasteiger partial charge on any atom is -0.351 e. The summed E-state index contributed by atoms with van der Waals surface area (Å²) in [5.74, 6) is 0.0960. The van der Waals surface area contributed by atoms with Crippen LogP contribution in [-0.2, 0) is 18.4 Å². The van der Waals surface area contributed by atoms with E-state index >= 15 is 0 Å². The number of aromatic nitrogens is 2. The quantitative estimate of drug-likeness (QED) is 0.469. The molecule has 1 fully saturated rings. The van der Waals surface area contributed by atoms with Crippen molar-refractivity contribution in [1.29, 1.82) is 0 Å². The zero-order valence-corrected chi connectivity index (χ0v) is 18.2. The first kappa shape index (κ1) is 20.6. The van der Waals surface area contributed by atoms with Gasteiger partial charge in [-0.05, 0) is 42.0 Å². The first-order valence-electron chi connectivity index (χ1n) is 9.75. The SMILES string of the molecule is Cn1c(SCC(=O)NCc2ccc(C(=O)N3CCCC3)cc2)nc2ccsc2c1=O. The first-order chi connectivity index (χ1) is 14.5. The number of thioether (sulfide) groups is 1. The molecule has 2 aromatic heterocycles. The molecular formula is C21H22N4O3S2.